The molecule has 1 aromatic rings. The van der Waals surface area contributed by atoms with Crippen LogP contribution in [0.3, 0.4) is 0 Å². The number of hydrogen-bond acceptors (Lipinski definition) is 3. The summed E-state index contributed by atoms with van der Waals surface area (Å²) in [6.07, 6.45) is 0. The Kier molecular flexibility index (Phi) is 5.73. The van der Waals surface area contributed by atoms with Crippen LogP contribution in [0.5, 0.6) is 0 Å². The van der Waals surface area contributed by atoms with Crippen molar-refractivity contribution in [3.05, 3.63) is 29.8 Å². The topological polar surface area (TPSA) is 52.9 Å². The van der Waals surface area contributed by atoms with Gasteiger partial charge in [0.2, 0.25) is 5.91 Å². The number of benzene rings is 1. The normalized spacial score (nSPS) is 11.9. The van der Waals surface area contributed by atoms with E-state index in [1.807, 2.05) is 6.92 Å². The minimum absolute atomic E-state index is 0.0178. The Bertz CT molecular complexity index is 451. The molecule has 0 aliphatic heterocycles. The number of carbonyl (C=O) groups excluding carboxylic acids is 1. The summed E-state index contributed by atoms with van der Waals surface area (Å²) in [6.45, 7) is 6.17. The minimum Gasteiger partial charge on any atom is -0.325 e. The van der Waals surface area contributed by atoms with Crippen molar-refractivity contribution in [3.8, 4) is 6.07 Å². The molecule has 1 aromatic carbocycles. The van der Waals surface area contributed by atoms with Crippen molar-refractivity contribution < 1.29 is 4.79 Å². The number of nitriles is 1. The van der Waals surface area contributed by atoms with Crippen molar-refractivity contribution in [2.24, 2.45) is 5.92 Å². The van der Waals surface area contributed by atoms with Crippen LogP contribution in [0.15, 0.2) is 24.3 Å². The molecule has 1 atom stereocenters. The van der Waals surface area contributed by atoms with Crippen molar-refractivity contribution in [1.82, 2.24) is 0 Å². The van der Waals surface area contributed by atoms with Gasteiger partial charge in [0, 0.05) is 5.69 Å². The van der Waals surface area contributed by atoms with Gasteiger partial charge in [-0.1, -0.05) is 19.9 Å². The highest BCUT2D eigenvalue weighted by Gasteiger charge is 2.14. The molecule has 0 spiro atoms. The summed E-state index contributed by atoms with van der Waals surface area (Å²) in [5, 5.41) is 11.5. The lowest BCUT2D eigenvalue weighted by Crippen LogP contribution is -2.23. The van der Waals surface area contributed by atoms with Gasteiger partial charge < -0.3 is 5.32 Å². The van der Waals surface area contributed by atoms with Gasteiger partial charge in [0.15, 0.2) is 0 Å². The van der Waals surface area contributed by atoms with Crippen molar-refractivity contribution in [2.75, 3.05) is 11.1 Å². The molecule has 0 saturated heterocycles. The van der Waals surface area contributed by atoms with E-state index in [-0.39, 0.29) is 11.2 Å². The highest BCUT2D eigenvalue weighted by molar-refractivity contribution is 8.00. The maximum atomic E-state index is 11.9. The second-order valence-corrected chi connectivity index (χ2v) is 5.93. The summed E-state index contributed by atoms with van der Waals surface area (Å²) in [7, 11) is 0. The van der Waals surface area contributed by atoms with Crippen LogP contribution in [0.4, 0.5) is 5.69 Å². The summed E-state index contributed by atoms with van der Waals surface area (Å²) in [5.74, 6) is 1.52. The van der Waals surface area contributed by atoms with E-state index in [0.29, 0.717) is 17.2 Å². The zero-order valence-electron chi connectivity index (χ0n) is 10.9. The minimum atomic E-state index is -0.0851. The van der Waals surface area contributed by atoms with Crippen LogP contribution in [0.2, 0.25) is 0 Å². The Balaban J connectivity index is 2.56. The molecule has 0 heterocycles. The molecule has 1 unspecified atom stereocenters. The average molecular weight is 262 g/mol. The number of hydrogen-bond donors (Lipinski definition) is 1. The van der Waals surface area contributed by atoms with Gasteiger partial charge in [-0.3, -0.25) is 4.79 Å². The summed E-state index contributed by atoms with van der Waals surface area (Å²) in [4.78, 5) is 11.9. The predicted octanol–water partition coefficient (Wildman–Crippen LogP) is 3.27. The first-order valence-electron chi connectivity index (χ1n) is 5.95. The number of nitrogens with one attached hydrogen (secondary N) is 1. The van der Waals surface area contributed by atoms with Crippen LogP contribution in [0.25, 0.3) is 0 Å². The SMILES string of the molecule is CC(C)CSC(C)C(=O)Nc1cccc(C#N)c1. The Morgan fingerprint density at radius 1 is 1.44 bits per heavy atom. The fraction of sp³-hybridized carbons (Fsp3) is 0.429. The molecule has 0 fully saturated rings. The Morgan fingerprint density at radius 2 is 2.17 bits per heavy atom. The lowest BCUT2D eigenvalue weighted by molar-refractivity contribution is -0.115. The number of thioether (sulfide) groups is 1. The molecule has 0 saturated carbocycles. The van der Waals surface area contributed by atoms with Crippen molar-refractivity contribution in [3.63, 3.8) is 0 Å². The van der Waals surface area contributed by atoms with E-state index in [9.17, 15) is 4.79 Å². The summed E-state index contributed by atoms with van der Waals surface area (Å²) in [6, 6.07) is 9.00. The third-order valence-corrected chi connectivity index (χ3v) is 3.88. The lowest BCUT2D eigenvalue weighted by atomic mass is 10.2. The van der Waals surface area contributed by atoms with Crippen LogP contribution < -0.4 is 5.32 Å². The monoisotopic (exact) mass is 262 g/mol. The zero-order valence-corrected chi connectivity index (χ0v) is 11.8. The lowest BCUT2D eigenvalue weighted by Gasteiger charge is -2.13. The van der Waals surface area contributed by atoms with E-state index in [0.717, 1.165) is 5.75 Å². The van der Waals surface area contributed by atoms with Crippen molar-refractivity contribution >= 4 is 23.4 Å². The molecule has 1 N–H and O–H groups in total. The van der Waals surface area contributed by atoms with Gasteiger partial charge in [-0.2, -0.15) is 5.26 Å². The Morgan fingerprint density at radius 3 is 2.78 bits per heavy atom. The number of carbonyl (C=O) groups is 1. The maximum Gasteiger partial charge on any atom is 0.237 e. The largest absolute Gasteiger partial charge is 0.325 e. The number of nitrogens with zero attached hydrogens (tertiary/aromatic N) is 1. The first kappa shape index (κ1) is 14.6. The van der Waals surface area contributed by atoms with Gasteiger partial charge in [0.05, 0.1) is 16.9 Å². The van der Waals surface area contributed by atoms with Gasteiger partial charge in [-0.05, 0) is 36.8 Å². The van der Waals surface area contributed by atoms with E-state index >= 15 is 0 Å². The van der Waals surface area contributed by atoms with Crippen molar-refractivity contribution in [1.29, 1.82) is 5.26 Å². The number of amides is 1. The van der Waals surface area contributed by atoms with Gasteiger partial charge in [-0.15, -0.1) is 11.8 Å². The van der Waals surface area contributed by atoms with E-state index in [1.165, 1.54) is 0 Å². The van der Waals surface area contributed by atoms with Crippen LogP contribution in [0, 0.1) is 17.2 Å². The van der Waals surface area contributed by atoms with Gasteiger partial charge >= 0.3 is 0 Å². The molecule has 0 radical (unpaired) electrons. The van der Waals surface area contributed by atoms with Crippen LogP contribution in [-0.2, 0) is 4.79 Å². The summed E-state index contributed by atoms with van der Waals surface area (Å²) >= 11 is 1.64. The molecular formula is C14H18N2OS. The van der Waals surface area contributed by atoms with Gasteiger partial charge in [-0.25, -0.2) is 0 Å². The Hall–Kier alpha value is -1.47. The molecule has 1 amide bonds. The molecular weight excluding hydrogens is 244 g/mol. The smallest absolute Gasteiger partial charge is 0.237 e. The standard InChI is InChI=1S/C14H18N2OS/c1-10(2)9-18-11(3)14(17)16-13-6-4-5-12(7-13)8-15/h4-7,10-11H,9H2,1-3H3,(H,16,17). The van der Waals surface area contributed by atoms with Gasteiger partial charge in [0.25, 0.3) is 0 Å². The maximum absolute atomic E-state index is 11.9. The van der Waals surface area contributed by atoms with E-state index in [2.05, 4.69) is 25.2 Å². The molecule has 3 nitrogen and oxygen atoms in total. The third kappa shape index (κ3) is 4.80. The molecule has 18 heavy (non-hydrogen) atoms. The fourth-order valence-corrected chi connectivity index (χ4v) is 2.21. The fourth-order valence-electron chi connectivity index (χ4n) is 1.32. The van der Waals surface area contributed by atoms with E-state index in [1.54, 1.807) is 36.0 Å². The predicted molar refractivity (Wildman–Crippen MR) is 76.5 cm³/mol. The second-order valence-electron chi connectivity index (χ2n) is 4.55. The molecule has 0 aliphatic carbocycles. The van der Waals surface area contributed by atoms with Crippen molar-refractivity contribution in [2.45, 2.75) is 26.0 Å². The molecule has 4 heteroatoms. The highest BCUT2D eigenvalue weighted by Crippen LogP contribution is 2.17. The summed E-state index contributed by atoms with van der Waals surface area (Å²) < 4.78 is 0. The quantitative estimate of drug-likeness (QED) is 0.886. The average Bonchev–Trinajstić information content (AvgIpc) is 2.36. The zero-order chi connectivity index (χ0) is 13.5. The Labute approximate surface area is 113 Å². The molecule has 0 aromatic heterocycles. The highest BCUT2D eigenvalue weighted by atomic mass is 32.2. The van der Waals surface area contributed by atoms with E-state index < -0.39 is 0 Å². The molecule has 96 valence electrons. The molecule has 0 bridgehead atoms. The second kappa shape index (κ2) is 7.07. The summed E-state index contributed by atoms with van der Waals surface area (Å²) in [5.41, 5.74) is 1.23. The van der Waals surface area contributed by atoms with Crippen LogP contribution in [-0.4, -0.2) is 16.9 Å². The third-order valence-electron chi connectivity index (χ3n) is 2.31. The molecule has 1 rings (SSSR count). The first-order valence-corrected chi connectivity index (χ1v) is 7.00. The van der Waals surface area contributed by atoms with Gasteiger partial charge in [0.1, 0.15) is 0 Å². The van der Waals surface area contributed by atoms with Crippen LogP contribution >= 0.6 is 11.8 Å². The number of anilines is 1. The number of rotatable bonds is 5. The van der Waals surface area contributed by atoms with Crippen LogP contribution in [0.1, 0.15) is 26.3 Å². The molecule has 0 aliphatic rings. The first-order chi connectivity index (χ1) is 8.52. The van der Waals surface area contributed by atoms with E-state index in [4.69, 9.17) is 5.26 Å².